The first kappa shape index (κ1) is 10.4. The van der Waals surface area contributed by atoms with Gasteiger partial charge in [-0.3, -0.25) is 9.59 Å². The predicted octanol–water partition coefficient (Wildman–Crippen LogP) is 1.67. The Labute approximate surface area is 92.6 Å². The molecule has 4 heteroatoms. The molecule has 0 aliphatic carbocycles. The number of fused-ring (bicyclic) bond motifs is 1. The van der Waals surface area contributed by atoms with E-state index in [0.29, 0.717) is 6.42 Å². The molecule has 1 aromatic carbocycles. The number of carboxylic acid groups (broad SMARTS) is 1. The smallest absolute Gasteiger partial charge is 0.307 e. The van der Waals surface area contributed by atoms with Crippen LogP contribution in [0.5, 0.6) is 0 Å². The Morgan fingerprint density at radius 2 is 2.31 bits per heavy atom. The van der Waals surface area contributed by atoms with Crippen LogP contribution in [0, 0.1) is 0 Å². The lowest BCUT2D eigenvalue weighted by Gasteiger charge is -1.99. The Morgan fingerprint density at radius 3 is 3.06 bits per heavy atom. The SMILES string of the molecule is O=C(O)C/C=C/c1ccc2c(c1)CC(=O)N2. The van der Waals surface area contributed by atoms with E-state index in [0.717, 1.165) is 16.8 Å². The summed E-state index contributed by atoms with van der Waals surface area (Å²) in [5, 5.41) is 11.2. The number of carbonyl (C=O) groups is 2. The molecule has 1 heterocycles. The summed E-state index contributed by atoms with van der Waals surface area (Å²) in [6, 6.07) is 5.58. The Hall–Kier alpha value is -2.10. The highest BCUT2D eigenvalue weighted by atomic mass is 16.4. The second-order valence-corrected chi connectivity index (χ2v) is 3.64. The van der Waals surface area contributed by atoms with Gasteiger partial charge in [0.25, 0.3) is 0 Å². The minimum Gasteiger partial charge on any atom is -0.481 e. The molecular weight excluding hydrogens is 206 g/mol. The van der Waals surface area contributed by atoms with Gasteiger partial charge in [-0.15, -0.1) is 0 Å². The highest BCUT2D eigenvalue weighted by Crippen LogP contribution is 2.24. The summed E-state index contributed by atoms with van der Waals surface area (Å²) in [7, 11) is 0. The maximum Gasteiger partial charge on any atom is 0.307 e. The molecule has 0 saturated heterocycles. The molecule has 0 saturated carbocycles. The van der Waals surface area contributed by atoms with Crippen LogP contribution in [0.2, 0.25) is 0 Å². The fraction of sp³-hybridized carbons (Fsp3) is 0.167. The molecular formula is C12H11NO3. The van der Waals surface area contributed by atoms with Crippen LogP contribution in [0.15, 0.2) is 24.3 Å². The van der Waals surface area contributed by atoms with Gasteiger partial charge in [-0.05, 0) is 23.3 Å². The Kier molecular flexibility index (Phi) is 2.72. The van der Waals surface area contributed by atoms with Gasteiger partial charge >= 0.3 is 5.97 Å². The molecule has 1 aliphatic heterocycles. The molecule has 0 radical (unpaired) electrons. The third-order valence-corrected chi connectivity index (χ3v) is 2.36. The zero-order valence-electron chi connectivity index (χ0n) is 8.56. The molecule has 16 heavy (non-hydrogen) atoms. The normalized spacial score (nSPS) is 13.9. The molecule has 1 aromatic rings. The van der Waals surface area contributed by atoms with Crippen LogP contribution >= 0.6 is 0 Å². The maximum absolute atomic E-state index is 11.1. The van der Waals surface area contributed by atoms with Crippen molar-refractivity contribution in [1.82, 2.24) is 0 Å². The number of hydrogen-bond donors (Lipinski definition) is 2. The fourth-order valence-corrected chi connectivity index (χ4v) is 1.65. The average molecular weight is 217 g/mol. The Morgan fingerprint density at radius 1 is 1.50 bits per heavy atom. The van der Waals surface area contributed by atoms with E-state index in [1.165, 1.54) is 0 Å². The van der Waals surface area contributed by atoms with Crippen LogP contribution < -0.4 is 5.32 Å². The molecule has 0 spiro atoms. The number of carbonyl (C=O) groups excluding carboxylic acids is 1. The first-order valence-electron chi connectivity index (χ1n) is 4.96. The predicted molar refractivity (Wildman–Crippen MR) is 60.1 cm³/mol. The molecule has 0 fully saturated rings. The number of benzene rings is 1. The van der Waals surface area contributed by atoms with Crippen molar-refractivity contribution in [1.29, 1.82) is 0 Å². The van der Waals surface area contributed by atoms with Crippen molar-refractivity contribution in [2.24, 2.45) is 0 Å². The molecule has 0 bridgehead atoms. The number of nitrogens with one attached hydrogen (secondary N) is 1. The molecule has 2 N–H and O–H groups in total. The highest BCUT2D eigenvalue weighted by molar-refractivity contribution is 5.99. The van der Waals surface area contributed by atoms with E-state index in [2.05, 4.69) is 5.32 Å². The summed E-state index contributed by atoms with van der Waals surface area (Å²) < 4.78 is 0. The van der Waals surface area contributed by atoms with Gasteiger partial charge in [0.2, 0.25) is 5.91 Å². The first-order chi connectivity index (χ1) is 7.65. The minimum absolute atomic E-state index is 0.00154. The van der Waals surface area contributed by atoms with Crippen molar-refractivity contribution in [2.75, 3.05) is 5.32 Å². The van der Waals surface area contributed by atoms with Crippen molar-refractivity contribution >= 4 is 23.6 Å². The van der Waals surface area contributed by atoms with Crippen LogP contribution in [0.25, 0.3) is 6.08 Å². The summed E-state index contributed by atoms with van der Waals surface area (Å²) in [5.74, 6) is -0.851. The third-order valence-electron chi connectivity index (χ3n) is 2.36. The van der Waals surface area contributed by atoms with Crippen LogP contribution in [0.3, 0.4) is 0 Å². The fourth-order valence-electron chi connectivity index (χ4n) is 1.65. The molecule has 82 valence electrons. The second kappa shape index (κ2) is 4.18. The van der Waals surface area contributed by atoms with Gasteiger partial charge < -0.3 is 10.4 Å². The summed E-state index contributed by atoms with van der Waals surface area (Å²) in [6.07, 6.45) is 3.75. The zero-order chi connectivity index (χ0) is 11.5. The van der Waals surface area contributed by atoms with Crippen molar-refractivity contribution in [3.05, 3.63) is 35.4 Å². The van der Waals surface area contributed by atoms with Gasteiger partial charge in [0, 0.05) is 5.69 Å². The maximum atomic E-state index is 11.1. The Bertz CT molecular complexity index is 477. The minimum atomic E-state index is -0.853. The lowest BCUT2D eigenvalue weighted by Crippen LogP contribution is -2.03. The topological polar surface area (TPSA) is 66.4 Å². The average Bonchev–Trinajstić information content (AvgIpc) is 2.56. The molecule has 0 unspecified atom stereocenters. The van der Waals surface area contributed by atoms with E-state index in [-0.39, 0.29) is 12.3 Å². The van der Waals surface area contributed by atoms with E-state index < -0.39 is 5.97 Å². The molecule has 1 amide bonds. The van der Waals surface area contributed by atoms with Crippen molar-refractivity contribution in [3.8, 4) is 0 Å². The molecule has 2 rings (SSSR count). The van der Waals surface area contributed by atoms with E-state index in [1.54, 1.807) is 12.2 Å². The monoisotopic (exact) mass is 217 g/mol. The summed E-state index contributed by atoms with van der Waals surface area (Å²) in [5.41, 5.74) is 2.72. The van der Waals surface area contributed by atoms with Crippen molar-refractivity contribution < 1.29 is 14.7 Å². The van der Waals surface area contributed by atoms with E-state index in [4.69, 9.17) is 5.11 Å². The van der Waals surface area contributed by atoms with Gasteiger partial charge in [-0.25, -0.2) is 0 Å². The van der Waals surface area contributed by atoms with Crippen LogP contribution in [0.1, 0.15) is 17.5 Å². The lowest BCUT2D eigenvalue weighted by molar-refractivity contribution is -0.136. The van der Waals surface area contributed by atoms with E-state index >= 15 is 0 Å². The summed E-state index contributed by atoms with van der Waals surface area (Å²) >= 11 is 0. The van der Waals surface area contributed by atoms with Crippen LogP contribution in [-0.2, 0) is 16.0 Å². The van der Waals surface area contributed by atoms with Crippen LogP contribution in [-0.4, -0.2) is 17.0 Å². The first-order valence-corrected chi connectivity index (χ1v) is 4.96. The van der Waals surface area contributed by atoms with E-state index in [1.807, 2.05) is 18.2 Å². The van der Waals surface area contributed by atoms with Gasteiger partial charge in [-0.2, -0.15) is 0 Å². The van der Waals surface area contributed by atoms with Gasteiger partial charge in [-0.1, -0.05) is 18.2 Å². The number of aliphatic carboxylic acids is 1. The second-order valence-electron chi connectivity index (χ2n) is 3.64. The summed E-state index contributed by atoms with van der Waals surface area (Å²) in [4.78, 5) is 21.4. The quantitative estimate of drug-likeness (QED) is 0.809. The molecule has 0 atom stereocenters. The lowest BCUT2D eigenvalue weighted by atomic mass is 10.1. The largest absolute Gasteiger partial charge is 0.481 e. The molecule has 1 aliphatic rings. The number of amides is 1. The summed E-state index contributed by atoms with van der Waals surface area (Å²) in [6.45, 7) is 0. The van der Waals surface area contributed by atoms with E-state index in [9.17, 15) is 9.59 Å². The standard InChI is InChI=1S/C12H11NO3/c14-11-7-9-6-8(2-1-3-12(15)16)4-5-10(9)13-11/h1-2,4-6H,3,7H2,(H,13,14)(H,15,16)/b2-1+. The number of carboxylic acids is 1. The zero-order valence-corrected chi connectivity index (χ0v) is 8.56. The van der Waals surface area contributed by atoms with Crippen molar-refractivity contribution in [3.63, 3.8) is 0 Å². The van der Waals surface area contributed by atoms with Crippen molar-refractivity contribution in [2.45, 2.75) is 12.8 Å². The Balaban J connectivity index is 2.13. The molecule has 4 nitrogen and oxygen atoms in total. The molecule has 0 aromatic heterocycles. The van der Waals surface area contributed by atoms with Crippen LogP contribution in [0.4, 0.5) is 5.69 Å². The third kappa shape index (κ3) is 2.28. The number of hydrogen-bond acceptors (Lipinski definition) is 2. The van der Waals surface area contributed by atoms with Gasteiger partial charge in [0.05, 0.1) is 12.8 Å². The number of anilines is 1. The van der Waals surface area contributed by atoms with Gasteiger partial charge in [0.1, 0.15) is 0 Å². The highest BCUT2D eigenvalue weighted by Gasteiger charge is 2.16. The van der Waals surface area contributed by atoms with Gasteiger partial charge in [0.15, 0.2) is 0 Å². The number of rotatable bonds is 3.